The fourth-order valence-corrected chi connectivity index (χ4v) is 2.88. The molecule has 3 rings (SSSR count). The average Bonchev–Trinajstić information content (AvgIpc) is 2.80. The van der Waals surface area contributed by atoms with Crippen LogP contribution in [0.5, 0.6) is 5.75 Å². The van der Waals surface area contributed by atoms with Gasteiger partial charge < -0.3 is 10.4 Å². The Morgan fingerprint density at radius 1 is 1.25 bits per heavy atom. The molecule has 2 N–H and O–H groups in total. The maximum Gasteiger partial charge on any atom is 0.270 e. The lowest BCUT2D eigenvalue weighted by Gasteiger charge is -2.11. The molecule has 2 aromatic rings. The highest BCUT2D eigenvalue weighted by molar-refractivity contribution is 9.10. The molecule has 0 radical (unpaired) electrons. The number of pyridine rings is 1. The van der Waals surface area contributed by atoms with Crippen molar-refractivity contribution in [1.82, 2.24) is 10.3 Å². The molecule has 1 aromatic carbocycles. The van der Waals surface area contributed by atoms with Crippen molar-refractivity contribution >= 4 is 21.8 Å². The summed E-state index contributed by atoms with van der Waals surface area (Å²) in [7, 11) is 0. The van der Waals surface area contributed by atoms with Crippen LogP contribution in [0.1, 0.15) is 21.6 Å². The molecule has 1 atom stereocenters. The van der Waals surface area contributed by atoms with Crippen LogP contribution in [0.2, 0.25) is 0 Å². The van der Waals surface area contributed by atoms with Gasteiger partial charge in [0.1, 0.15) is 11.4 Å². The van der Waals surface area contributed by atoms with E-state index in [1.807, 2.05) is 6.07 Å². The lowest BCUT2D eigenvalue weighted by molar-refractivity contribution is 0.0933. The van der Waals surface area contributed by atoms with Crippen molar-refractivity contribution in [2.75, 3.05) is 0 Å². The molecule has 0 fully saturated rings. The summed E-state index contributed by atoms with van der Waals surface area (Å²) in [6.45, 7) is 0. The normalized spacial score (nSPS) is 16.8. The predicted octanol–water partition coefficient (Wildman–Crippen LogP) is 2.45. The number of carbonyl (C=O) groups is 1. The van der Waals surface area contributed by atoms with E-state index in [0.29, 0.717) is 5.69 Å². The van der Waals surface area contributed by atoms with Crippen LogP contribution in [0.15, 0.2) is 41.0 Å². The number of benzene rings is 1. The van der Waals surface area contributed by atoms with Gasteiger partial charge in [-0.25, -0.2) is 4.98 Å². The van der Waals surface area contributed by atoms with Crippen LogP contribution in [0, 0.1) is 0 Å². The number of amides is 1. The van der Waals surface area contributed by atoms with E-state index in [1.165, 1.54) is 29.5 Å². The Bertz CT molecular complexity index is 655. The summed E-state index contributed by atoms with van der Waals surface area (Å²) in [5.74, 6) is -0.151. The number of carbonyl (C=O) groups excluding carboxylic acids is 1. The van der Waals surface area contributed by atoms with Gasteiger partial charge in [-0.05, 0) is 48.2 Å². The molecule has 0 saturated carbocycles. The summed E-state index contributed by atoms with van der Waals surface area (Å²) < 4.78 is 1.06. The van der Waals surface area contributed by atoms with Gasteiger partial charge in [0.05, 0.1) is 6.20 Å². The molecule has 0 bridgehead atoms. The highest BCUT2D eigenvalue weighted by Gasteiger charge is 2.23. The summed E-state index contributed by atoms with van der Waals surface area (Å²) in [5, 5.41) is 12.2. The zero-order valence-electron chi connectivity index (χ0n) is 10.6. The Labute approximate surface area is 125 Å². The van der Waals surface area contributed by atoms with Crippen molar-refractivity contribution in [1.29, 1.82) is 0 Å². The molecule has 1 amide bonds. The molecule has 1 aromatic heterocycles. The van der Waals surface area contributed by atoms with Crippen LogP contribution in [-0.4, -0.2) is 22.0 Å². The fourth-order valence-electron chi connectivity index (χ4n) is 2.47. The van der Waals surface area contributed by atoms with E-state index < -0.39 is 0 Å². The van der Waals surface area contributed by atoms with Gasteiger partial charge >= 0.3 is 0 Å². The van der Waals surface area contributed by atoms with Crippen LogP contribution < -0.4 is 5.32 Å². The highest BCUT2D eigenvalue weighted by atomic mass is 79.9. The second-order valence-corrected chi connectivity index (χ2v) is 5.81. The number of nitrogens with one attached hydrogen (secondary N) is 1. The minimum atomic E-state index is -0.207. The first-order chi connectivity index (χ1) is 9.61. The summed E-state index contributed by atoms with van der Waals surface area (Å²) in [6, 6.07) is 9.28. The maximum atomic E-state index is 12.1. The molecule has 1 aliphatic rings. The lowest BCUT2D eigenvalue weighted by atomic mass is 10.1. The number of rotatable bonds is 2. The van der Waals surface area contributed by atoms with Crippen molar-refractivity contribution in [3.8, 4) is 5.75 Å². The average molecular weight is 333 g/mol. The van der Waals surface area contributed by atoms with E-state index in [9.17, 15) is 4.79 Å². The van der Waals surface area contributed by atoms with E-state index in [0.717, 1.165) is 17.3 Å². The molecule has 1 aliphatic carbocycles. The molecule has 20 heavy (non-hydrogen) atoms. The third-order valence-electron chi connectivity index (χ3n) is 3.42. The minimum Gasteiger partial charge on any atom is -0.506 e. The molecule has 1 unspecified atom stereocenters. The van der Waals surface area contributed by atoms with Crippen LogP contribution in [0.4, 0.5) is 0 Å². The standard InChI is InChI=1S/C15H13BrN2O2/c16-11-2-1-9-6-12(7-10(9)5-11)18-15(20)14-4-3-13(19)8-17-14/h1-5,8,12,19H,6-7H2,(H,18,20). The van der Waals surface area contributed by atoms with E-state index in [1.54, 1.807) is 0 Å². The van der Waals surface area contributed by atoms with Crippen molar-refractivity contribution in [2.24, 2.45) is 0 Å². The van der Waals surface area contributed by atoms with E-state index in [-0.39, 0.29) is 17.7 Å². The van der Waals surface area contributed by atoms with Gasteiger partial charge in [0.15, 0.2) is 0 Å². The molecule has 1 heterocycles. The summed E-state index contributed by atoms with van der Waals surface area (Å²) in [5.41, 5.74) is 2.86. The third kappa shape index (κ3) is 2.67. The first-order valence-corrected chi connectivity index (χ1v) is 7.14. The zero-order valence-corrected chi connectivity index (χ0v) is 12.2. The largest absolute Gasteiger partial charge is 0.506 e. The van der Waals surface area contributed by atoms with Gasteiger partial charge in [-0.15, -0.1) is 0 Å². The summed E-state index contributed by atoms with van der Waals surface area (Å²) >= 11 is 3.46. The van der Waals surface area contributed by atoms with Gasteiger partial charge in [-0.3, -0.25) is 4.79 Å². The number of aromatic nitrogens is 1. The molecule has 0 saturated heterocycles. The van der Waals surface area contributed by atoms with Crippen LogP contribution >= 0.6 is 15.9 Å². The Hall–Kier alpha value is -1.88. The lowest BCUT2D eigenvalue weighted by Crippen LogP contribution is -2.35. The second kappa shape index (κ2) is 5.25. The van der Waals surface area contributed by atoms with Crippen molar-refractivity contribution in [3.63, 3.8) is 0 Å². The molecule has 0 aliphatic heterocycles. The molecule has 0 spiro atoms. The third-order valence-corrected chi connectivity index (χ3v) is 3.91. The molecule has 5 heteroatoms. The molecule has 4 nitrogen and oxygen atoms in total. The van der Waals surface area contributed by atoms with E-state index >= 15 is 0 Å². The maximum absolute atomic E-state index is 12.1. The molecular weight excluding hydrogens is 320 g/mol. The second-order valence-electron chi connectivity index (χ2n) is 4.89. The minimum absolute atomic E-state index is 0.0553. The zero-order chi connectivity index (χ0) is 14.1. The highest BCUT2D eigenvalue weighted by Crippen LogP contribution is 2.25. The monoisotopic (exact) mass is 332 g/mol. The SMILES string of the molecule is O=C(NC1Cc2ccc(Br)cc2C1)c1ccc(O)cn1. The van der Waals surface area contributed by atoms with E-state index in [2.05, 4.69) is 38.4 Å². The van der Waals surface area contributed by atoms with Crippen LogP contribution in [0.25, 0.3) is 0 Å². The van der Waals surface area contributed by atoms with Crippen molar-refractivity contribution < 1.29 is 9.90 Å². The Morgan fingerprint density at radius 2 is 2.05 bits per heavy atom. The first-order valence-electron chi connectivity index (χ1n) is 6.35. The van der Waals surface area contributed by atoms with Gasteiger partial charge in [-0.1, -0.05) is 22.0 Å². The van der Waals surface area contributed by atoms with Crippen molar-refractivity contribution in [2.45, 2.75) is 18.9 Å². The Kier molecular flexibility index (Phi) is 3.44. The number of fused-ring (bicyclic) bond motifs is 1. The molecule has 102 valence electrons. The summed E-state index contributed by atoms with van der Waals surface area (Å²) in [4.78, 5) is 16.0. The fraction of sp³-hybridized carbons (Fsp3) is 0.200. The first kappa shape index (κ1) is 13.1. The predicted molar refractivity (Wildman–Crippen MR) is 78.7 cm³/mol. The van der Waals surface area contributed by atoms with Gasteiger partial charge in [0, 0.05) is 10.5 Å². The van der Waals surface area contributed by atoms with E-state index in [4.69, 9.17) is 5.11 Å². The topological polar surface area (TPSA) is 62.2 Å². The Balaban J connectivity index is 1.68. The number of hydrogen-bond donors (Lipinski definition) is 2. The number of nitrogens with zero attached hydrogens (tertiary/aromatic N) is 1. The van der Waals surface area contributed by atoms with Crippen LogP contribution in [-0.2, 0) is 12.8 Å². The molecular formula is C15H13BrN2O2. The van der Waals surface area contributed by atoms with Gasteiger partial charge in [-0.2, -0.15) is 0 Å². The number of aromatic hydroxyl groups is 1. The Morgan fingerprint density at radius 3 is 2.80 bits per heavy atom. The van der Waals surface area contributed by atoms with Crippen molar-refractivity contribution in [3.05, 3.63) is 57.8 Å². The number of halogens is 1. The summed E-state index contributed by atoms with van der Waals surface area (Å²) in [6.07, 6.45) is 2.94. The van der Waals surface area contributed by atoms with Gasteiger partial charge in [0.2, 0.25) is 0 Å². The quantitative estimate of drug-likeness (QED) is 0.887. The smallest absolute Gasteiger partial charge is 0.270 e. The van der Waals surface area contributed by atoms with Crippen LogP contribution in [0.3, 0.4) is 0 Å². The van der Waals surface area contributed by atoms with Gasteiger partial charge in [0.25, 0.3) is 5.91 Å². The number of hydrogen-bond acceptors (Lipinski definition) is 3.